The molecule has 3 aromatic carbocycles. The Hall–Kier alpha value is -4.46. The van der Waals surface area contributed by atoms with Gasteiger partial charge < -0.3 is 19.5 Å². The molecular formula is C28H28N4O4. The van der Waals surface area contributed by atoms with Gasteiger partial charge in [0.05, 0.1) is 7.11 Å². The third kappa shape index (κ3) is 5.96. The van der Waals surface area contributed by atoms with Crippen molar-refractivity contribution in [2.75, 3.05) is 20.7 Å². The molecule has 0 aliphatic carbocycles. The van der Waals surface area contributed by atoms with Crippen LogP contribution in [0.1, 0.15) is 37.7 Å². The van der Waals surface area contributed by atoms with E-state index in [0.717, 1.165) is 16.9 Å². The highest BCUT2D eigenvalue weighted by atomic mass is 16.5. The van der Waals surface area contributed by atoms with Crippen LogP contribution in [0.25, 0.3) is 11.5 Å². The average Bonchev–Trinajstić information content (AvgIpc) is 3.39. The predicted octanol–water partition coefficient (Wildman–Crippen LogP) is 4.30. The van der Waals surface area contributed by atoms with Gasteiger partial charge in [-0.1, -0.05) is 41.1 Å². The second kappa shape index (κ2) is 11.3. The molecule has 0 aliphatic rings. The first-order valence-electron chi connectivity index (χ1n) is 11.6. The lowest BCUT2D eigenvalue weighted by molar-refractivity contribution is 0.0795. The zero-order valence-corrected chi connectivity index (χ0v) is 20.5. The Morgan fingerprint density at radius 2 is 1.67 bits per heavy atom. The lowest BCUT2D eigenvalue weighted by atomic mass is 10.1. The minimum Gasteiger partial charge on any atom is -0.496 e. The van der Waals surface area contributed by atoms with Crippen molar-refractivity contribution < 1.29 is 18.8 Å². The Morgan fingerprint density at radius 1 is 0.972 bits per heavy atom. The number of para-hydroxylation sites is 1. The fourth-order valence-corrected chi connectivity index (χ4v) is 3.65. The Morgan fingerprint density at radius 3 is 2.39 bits per heavy atom. The molecule has 0 unspecified atom stereocenters. The maximum atomic E-state index is 12.6. The van der Waals surface area contributed by atoms with Crippen LogP contribution in [0.5, 0.6) is 5.75 Å². The van der Waals surface area contributed by atoms with Crippen LogP contribution in [-0.4, -0.2) is 47.6 Å². The molecule has 8 nitrogen and oxygen atoms in total. The molecule has 2 amide bonds. The zero-order chi connectivity index (χ0) is 25.5. The average molecular weight is 485 g/mol. The summed E-state index contributed by atoms with van der Waals surface area (Å²) in [5, 5.41) is 6.93. The third-order valence-electron chi connectivity index (χ3n) is 5.81. The van der Waals surface area contributed by atoms with Crippen LogP contribution in [0.2, 0.25) is 0 Å². The summed E-state index contributed by atoms with van der Waals surface area (Å²) < 4.78 is 10.7. The van der Waals surface area contributed by atoms with E-state index in [9.17, 15) is 9.59 Å². The van der Waals surface area contributed by atoms with Crippen molar-refractivity contribution in [2.45, 2.75) is 19.9 Å². The molecule has 184 valence electrons. The summed E-state index contributed by atoms with van der Waals surface area (Å²) in [5.41, 5.74) is 3.87. The first-order valence-corrected chi connectivity index (χ1v) is 11.6. The van der Waals surface area contributed by atoms with Crippen LogP contribution < -0.4 is 10.1 Å². The first kappa shape index (κ1) is 24.7. The normalized spacial score (nSPS) is 10.6. The standard InChI is InChI=1S/C28H28N4O4/c1-19-8-10-22(11-9-19)28(34)32(2)17-16-25-30-27(36-31-25)21-14-12-20(13-15-21)26(33)29-18-23-6-4-5-7-24(23)35-3/h4-15H,16-18H2,1-3H3,(H,29,33). The molecule has 0 saturated carbocycles. The topological polar surface area (TPSA) is 97.6 Å². The van der Waals surface area contributed by atoms with Crippen molar-refractivity contribution in [3.8, 4) is 17.2 Å². The summed E-state index contributed by atoms with van der Waals surface area (Å²) in [5.74, 6) is 1.34. The van der Waals surface area contributed by atoms with Gasteiger partial charge in [-0.25, -0.2) is 0 Å². The molecule has 0 fully saturated rings. The number of nitrogens with zero attached hydrogens (tertiary/aromatic N) is 3. The van der Waals surface area contributed by atoms with Crippen LogP contribution in [-0.2, 0) is 13.0 Å². The summed E-state index contributed by atoms with van der Waals surface area (Å²) in [6.07, 6.45) is 0.459. The molecule has 1 N–H and O–H groups in total. The van der Waals surface area contributed by atoms with E-state index < -0.39 is 0 Å². The molecule has 1 aromatic heterocycles. The van der Waals surface area contributed by atoms with E-state index in [1.807, 2.05) is 55.5 Å². The number of nitrogens with one attached hydrogen (secondary N) is 1. The third-order valence-corrected chi connectivity index (χ3v) is 5.81. The maximum absolute atomic E-state index is 12.6. The molecule has 4 rings (SSSR count). The van der Waals surface area contributed by atoms with Crippen LogP contribution >= 0.6 is 0 Å². The molecule has 0 aliphatic heterocycles. The van der Waals surface area contributed by atoms with E-state index in [4.69, 9.17) is 9.26 Å². The first-order chi connectivity index (χ1) is 17.4. The highest BCUT2D eigenvalue weighted by Crippen LogP contribution is 2.19. The number of amides is 2. The quantitative estimate of drug-likeness (QED) is 0.380. The van der Waals surface area contributed by atoms with Crippen molar-refractivity contribution in [2.24, 2.45) is 0 Å². The fraction of sp³-hybridized carbons (Fsp3) is 0.214. The number of hydrogen-bond donors (Lipinski definition) is 1. The van der Waals surface area contributed by atoms with Crippen LogP contribution in [0, 0.1) is 6.92 Å². The van der Waals surface area contributed by atoms with E-state index in [-0.39, 0.29) is 11.8 Å². The lowest BCUT2D eigenvalue weighted by Gasteiger charge is -2.16. The number of carbonyl (C=O) groups is 2. The molecule has 0 spiro atoms. The van der Waals surface area contributed by atoms with Gasteiger partial charge in [0.15, 0.2) is 5.82 Å². The summed E-state index contributed by atoms with van der Waals surface area (Å²) in [4.78, 5) is 31.2. The molecule has 0 saturated heterocycles. The number of aryl methyl sites for hydroxylation is 1. The Kier molecular flexibility index (Phi) is 7.75. The van der Waals surface area contributed by atoms with E-state index in [1.165, 1.54) is 0 Å². The van der Waals surface area contributed by atoms with Crippen molar-refractivity contribution in [3.63, 3.8) is 0 Å². The van der Waals surface area contributed by atoms with E-state index in [0.29, 0.717) is 47.9 Å². The van der Waals surface area contributed by atoms with E-state index >= 15 is 0 Å². The summed E-state index contributed by atoms with van der Waals surface area (Å²) in [6, 6.07) is 22.0. The zero-order valence-electron chi connectivity index (χ0n) is 20.5. The van der Waals surface area contributed by atoms with Crippen molar-refractivity contribution >= 4 is 11.8 Å². The number of methoxy groups -OCH3 is 1. The molecule has 0 bridgehead atoms. The second-order valence-corrected chi connectivity index (χ2v) is 8.43. The Labute approximate surface area is 209 Å². The number of aromatic nitrogens is 2. The van der Waals surface area contributed by atoms with Gasteiger partial charge in [0.2, 0.25) is 0 Å². The summed E-state index contributed by atoms with van der Waals surface area (Å²) in [7, 11) is 3.35. The smallest absolute Gasteiger partial charge is 0.257 e. The minimum atomic E-state index is -0.194. The van der Waals surface area contributed by atoms with Crippen LogP contribution in [0.15, 0.2) is 77.3 Å². The molecular weight excluding hydrogens is 456 g/mol. The maximum Gasteiger partial charge on any atom is 0.257 e. The highest BCUT2D eigenvalue weighted by molar-refractivity contribution is 5.94. The highest BCUT2D eigenvalue weighted by Gasteiger charge is 2.15. The van der Waals surface area contributed by atoms with Gasteiger partial charge in [-0.2, -0.15) is 4.98 Å². The van der Waals surface area contributed by atoms with Crippen LogP contribution in [0.4, 0.5) is 0 Å². The number of likely N-dealkylation sites (N-methyl/N-ethyl adjacent to an activating group) is 1. The van der Waals surface area contributed by atoms with Gasteiger partial charge >= 0.3 is 0 Å². The van der Waals surface area contributed by atoms with Crippen molar-refractivity contribution in [1.82, 2.24) is 20.4 Å². The van der Waals surface area contributed by atoms with E-state index in [1.54, 1.807) is 43.3 Å². The molecule has 4 aromatic rings. The van der Waals surface area contributed by atoms with Crippen LogP contribution in [0.3, 0.4) is 0 Å². The Balaban J connectivity index is 1.32. The number of hydrogen-bond acceptors (Lipinski definition) is 6. The number of benzene rings is 3. The largest absolute Gasteiger partial charge is 0.496 e. The van der Waals surface area contributed by atoms with Gasteiger partial charge in [-0.05, 0) is 49.4 Å². The van der Waals surface area contributed by atoms with Gasteiger partial charge in [0.25, 0.3) is 17.7 Å². The second-order valence-electron chi connectivity index (χ2n) is 8.43. The molecule has 0 radical (unpaired) electrons. The van der Waals surface area contributed by atoms with Gasteiger partial charge in [0, 0.05) is 48.8 Å². The van der Waals surface area contributed by atoms with Gasteiger partial charge in [0.1, 0.15) is 5.75 Å². The molecule has 1 heterocycles. The number of ether oxygens (including phenoxy) is 1. The molecule has 8 heteroatoms. The van der Waals surface area contributed by atoms with Crippen molar-refractivity contribution in [1.29, 1.82) is 0 Å². The Bertz CT molecular complexity index is 1330. The number of carbonyl (C=O) groups excluding carboxylic acids is 2. The molecule has 36 heavy (non-hydrogen) atoms. The van der Waals surface area contributed by atoms with E-state index in [2.05, 4.69) is 15.5 Å². The van der Waals surface area contributed by atoms with Crippen molar-refractivity contribution in [3.05, 3.63) is 101 Å². The summed E-state index contributed by atoms with van der Waals surface area (Å²) >= 11 is 0. The monoisotopic (exact) mass is 484 g/mol. The number of rotatable bonds is 9. The SMILES string of the molecule is COc1ccccc1CNC(=O)c1ccc(-c2nc(CCN(C)C(=O)c3ccc(C)cc3)no2)cc1. The fourth-order valence-electron chi connectivity index (χ4n) is 3.65. The van der Waals surface area contributed by atoms with Gasteiger partial charge in [-0.3, -0.25) is 9.59 Å². The molecule has 0 atom stereocenters. The lowest BCUT2D eigenvalue weighted by Crippen LogP contribution is -2.29. The minimum absolute atomic E-state index is 0.0571. The van der Waals surface area contributed by atoms with Gasteiger partial charge in [-0.15, -0.1) is 0 Å². The summed E-state index contributed by atoms with van der Waals surface area (Å²) in [6.45, 7) is 2.80. The predicted molar refractivity (Wildman–Crippen MR) is 136 cm³/mol.